The number of hydrogen-bond donors (Lipinski definition) is 0. The minimum absolute atomic E-state index is 0.906. The second-order valence-corrected chi connectivity index (χ2v) is 3.92. The first-order valence-electron chi connectivity index (χ1n) is 4.26. The minimum atomic E-state index is 0.906. The summed E-state index contributed by atoms with van der Waals surface area (Å²) in [7, 11) is 0. The van der Waals surface area contributed by atoms with Gasteiger partial charge in [0.05, 0.1) is 0 Å². The van der Waals surface area contributed by atoms with Crippen LogP contribution in [0.1, 0.15) is 40.5 Å². The van der Waals surface area contributed by atoms with Gasteiger partial charge in [-0.25, -0.2) is 0 Å². The third kappa shape index (κ3) is 1.42. The molecule has 0 nitrogen and oxygen atoms in total. The molecular formula is C10H18. The third-order valence-corrected chi connectivity index (χ3v) is 2.96. The van der Waals surface area contributed by atoms with Crippen LogP contribution in [0.15, 0.2) is 11.1 Å². The van der Waals surface area contributed by atoms with Crippen LogP contribution in [0.5, 0.6) is 0 Å². The van der Waals surface area contributed by atoms with Crippen molar-refractivity contribution in [2.45, 2.75) is 40.5 Å². The van der Waals surface area contributed by atoms with E-state index in [-0.39, 0.29) is 0 Å². The van der Waals surface area contributed by atoms with E-state index < -0.39 is 0 Å². The molecule has 1 rings (SSSR count). The largest absolute Gasteiger partial charge is 0.0741 e. The summed E-state index contributed by atoms with van der Waals surface area (Å²) < 4.78 is 0. The van der Waals surface area contributed by atoms with Gasteiger partial charge in [0.2, 0.25) is 0 Å². The Morgan fingerprint density at radius 3 is 1.50 bits per heavy atom. The van der Waals surface area contributed by atoms with Crippen molar-refractivity contribution in [1.82, 2.24) is 0 Å². The number of rotatable bonds is 0. The van der Waals surface area contributed by atoms with Gasteiger partial charge in [0, 0.05) is 0 Å². The maximum absolute atomic E-state index is 2.36. The topological polar surface area (TPSA) is 0 Å². The summed E-state index contributed by atoms with van der Waals surface area (Å²) in [6.45, 7) is 9.27. The van der Waals surface area contributed by atoms with Crippen LogP contribution in [0.2, 0.25) is 0 Å². The van der Waals surface area contributed by atoms with E-state index in [1.54, 1.807) is 11.1 Å². The summed E-state index contributed by atoms with van der Waals surface area (Å²) in [6, 6.07) is 0. The van der Waals surface area contributed by atoms with Gasteiger partial charge in [-0.3, -0.25) is 0 Å². The zero-order valence-electron chi connectivity index (χ0n) is 7.57. The zero-order chi connectivity index (χ0) is 7.72. The Kier molecular flexibility index (Phi) is 2.18. The molecule has 0 aliphatic heterocycles. The highest BCUT2D eigenvalue weighted by Gasteiger charge is 2.19. The monoisotopic (exact) mass is 138 g/mol. The van der Waals surface area contributed by atoms with Crippen molar-refractivity contribution in [3.8, 4) is 0 Å². The molecule has 10 heavy (non-hydrogen) atoms. The molecule has 1 unspecified atom stereocenters. The fourth-order valence-corrected chi connectivity index (χ4v) is 1.72. The quantitative estimate of drug-likeness (QED) is 0.450. The Morgan fingerprint density at radius 1 is 0.900 bits per heavy atom. The van der Waals surface area contributed by atoms with Crippen LogP contribution >= 0.6 is 0 Å². The van der Waals surface area contributed by atoms with Crippen LogP contribution < -0.4 is 0 Å². The summed E-state index contributed by atoms with van der Waals surface area (Å²) in [4.78, 5) is 0. The molecule has 58 valence electrons. The molecule has 1 aliphatic carbocycles. The van der Waals surface area contributed by atoms with Crippen LogP contribution in [-0.2, 0) is 0 Å². The summed E-state index contributed by atoms with van der Waals surface area (Å²) in [5.41, 5.74) is 3.26. The molecule has 0 spiro atoms. The van der Waals surface area contributed by atoms with Crippen molar-refractivity contribution >= 4 is 0 Å². The van der Waals surface area contributed by atoms with Gasteiger partial charge in [-0.05, 0) is 38.5 Å². The van der Waals surface area contributed by atoms with Gasteiger partial charge in [-0.2, -0.15) is 0 Å². The number of allylic oxidation sites excluding steroid dienone is 2. The van der Waals surface area contributed by atoms with E-state index in [2.05, 4.69) is 27.7 Å². The molecule has 0 heteroatoms. The molecule has 0 aromatic rings. The van der Waals surface area contributed by atoms with E-state index in [0.717, 1.165) is 11.8 Å². The molecule has 0 aromatic carbocycles. The normalized spacial score (nSPS) is 34.8. The minimum Gasteiger partial charge on any atom is -0.0741 e. The maximum Gasteiger partial charge on any atom is -0.0292 e. The smallest absolute Gasteiger partial charge is 0.0292 e. The Bertz CT molecular complexity index is 135. The van der Waals surface area contributed by atoms with Gasteiger partial charge in [-0.1, -0.05) is 25.0 Å². The molecule has 0 amide bonds. The summed E-state index contributed by atoms with van der Waals surface area (Å²) in [5, 5.41) is 0. The second-order valence-electron chi connectivity index (χ2n) is 3.92. The Labute approximate surface area is 64.3 Å². The van der Waals surface area contributed by atoms with Gasteiger partial charge in [0.15, 0.2) is 0 Å². The van der Waals surface area contributed by atoms with E-state index in [0.29, 0.717) is 0 Å². The van der Waals surface area contributed by atoms with Gasteiger partial charge in [0.1, 0.15) is 0 Å². The SMILES string of the molecule is CC1=C(C)C[C@H](C)C(C)C1. The van der Waals surface area contributed by atoms with Crippen molar-refractivity contribution in [1.29, 1.82) is 0 Å². The van der Waals surface area contributed by atoms with Crippen molar-refractivity contribution in [3.63, 3.8) is 0 Å². The van der Waals surface area contributed by atoms with Gasteiger partial charge in [0.25, 0.3) is 0 Å². The number of hydrogen-bond acceptors (Lipinski definition) is 0. The molecule has 0 N–H and O–H groups in total. The Hall–Kier alpha value is -0.260. The highest BCUT2D eigenvalue weighted by Crippen LogP contribution is 2.32. The molecule has 0 saturated heterocycles. The molecule has 2 atom stereocenters. The molecule has 0 bridgehead atoms. The standard InChI is InChI=1S/C10H18/c1-7-5-9(3)10(4)6-8(7)2/h7-8H,5-6H2,1-4H3/t7-,8?/m0/s1. The zero-order valence-corrected chi connectivity index (χ0v) is 7.57. The van der Waals surface area contributed by atoms with Crippen molar-refractivity contribution in [3.05, 3.63) is 11.1 Å². The second kappa shape index (κ2) is 2.77. The van der Waals surface area contributed by atoms with Crippen LogP contribution in [0.25, 0.3) is 0 Å². The molecule has 0 heterocycles. The van der Waals surface area contributed by atoms with Gasteiger partial charge < -0.3 is 0 Å². The molecule has 0 saturated carbocycles. The summed E-state index contributed by atoms with van der Waals surface area (Å²) in [6.07, 6.45) is 2.65. The first-order valence-corrected chi connectivity index (χ1v) is 4.26. The predicted molar refractivity (Wildman–Crippen MR) is 45.9 cm³/mol. The lowest BCUT2D eigenvalue weighted by molar-refractivity contribution is 0.359. The molecule has 0 fully saturated rings. The molecule has 0 radical (unpaired) electrons. The van der Waals surface area contributed by atoms with Crippen LogP contribution in [-0.4, -0.2) is 0 Å². The lowest BCUT2D eigenvalue weighted by Crippen LogP contribution is -2.14. The Balaban J connectivity index is 2.69. The van der Waals surface area contributed by atoms with E-state index in [1.807, 2.05) is 0 Å². The van der Waals surface area contributed by atoms with Crippen LogP contribution in [0.3, 0.4) is 0 Å². The average molecular weight is 138 g/mol. The van der Waals surface area contributed by atoms with E-state index in [9.17, 15) is 0 Å². The fourth-order valence-electron chi connectivity index (χ4n) is 1.72. The Morgan fingerprint density at radius 2 is 1.20 bits per heavy atom. The molecule has 0 aromatic heterocycles. The van der Waals surface area contributed by atoms with Crippen LogP contribution in [0.4, 0.5) is 0 Å². The predicted octanol–water partition coefficient (Wildman–Crippen LogP) is 3.39. The van der Waals surface area contributed by atoms with Crippen molar-refractivity contribution in [2.24, 2.45) is 11.8 Å². The van der Waals surface area contributed by atoms with Crippen molar-refractivity contribution < 1.29 is 0 Å². The first kappa shape index (κ1) is 7.84. The van der Waals surface area contributed by atoms with Crippen LogP contribution in [0, 0.1) is 11.8 Å². The lowest BCUT2D eigenvalue weighted by atomic mass is 9.79. The van der Waals surface area contributed by atoms with E-state index >= 15 is 0 Å². The summed E-state index contributed by atoms with van der Waals surface area (Å²) >= 11 is 0. The van der Waals surface area contributed by atoms with Gasteiger partial charge in [-0.15, -0.1) is 0 Å². The van der Waals surface area contributed by atoms with Gasteiger partial charge >= 0.3 is 0 Å². The summed E-state index contributed by atoms with van der Waals surface area (Å²) in [5.74, 6) is 1.81. The van der Waals surface area contributed by atoms with Crippen molar-refractivity contribution in [2.75, 3.05) is 0 Å². The highest BCUT2D eigenvalue weighted by atomic mass is 14.2. The highest BCUT2D eigenvalue weighted by molar-refractivity contribution is 5.14. The molecule has 1 aliphatic rings. The third-order valence-electron chi connectivity index (χ3n) is 2.96. The first-order chi connectivity index (χ1) is 4.61. The lowest BCUT2D eigenvalue weighted by Gasteiger charge is -2.27. The maximum atomic E-state index is 2.36. The molecular weight excluding hydrogens is 120 g/mol. The average Bonchev–Trinajstić information content (AvgIpc) is 1.84. The van der Waals surface area contributed by atoms with E-state index in [1.165, 1.54) is 12.8 Å². The fraction of sp³-hybridized carbons (Fsp3) is 0.800. The van der Waals surface area contributed by atoms with E-state index in [4.69, 9.17) is 0 Å².